The zero-order valence-electron chi connectivity index (χ0n) is 37.0. The van der Waals surface area contributed by atoms with Crippen LogP contribution in [0.25, 0.3) is 0 Å². The number of amides is 5. The van der Waals surface area contributed by atoms with Gasteiger partial charge in [0.2, 0.25) is 17.7 Å². The summed E-state index contributed by atoms with van der Waals surface area (Å²) in [5.41, 5.74) is 4.20. The highest BCUT2D eigenvalue weighted by Crippen LogP contribution is 2.56. The minimum absolute atomic E-state index is 0.0465. The fourth-order valence-corrected chi connectivity index (χ4v) is 10.4. The molecule has 5 aromatic rings. The Kier molecular flexibility index (Phi) is 12.0. The van der Waals surface area contributed by atoms with Crippen LogP contribution in [0.15, 0.2) is 91.3 Å². The summed E-state index contributed by atoms with van der Waals surface area (Å²) in [4.78, 5) is 71.7. The van der Waals surface area contributed by atoms with Gasteiger partial charge in [0.25, 0.3) is 11.8 Å². The number of ether oxygens (including phenoxy) is 1. The Hall–Kier alpha value is -6.79. The van der Waals surface area contributed by atoms with Crippen molar-refractivity contribution in [2.45, 2.75) is 76.0 Å². The van der Waals surface area contributed by atoms with E-state index in [-0.39, 0.29) is 59.0 Å². The number of halogens is 3. The van der Waals surface area contributed by atoms with E-state index in [2.05, 4.69) is 64.2 Å². The van der Waals surface area contributed by atoms with Gasteiger partial charge >= 0.3 is 0 Å². The molecule has 4 aliphatic heterocycles. The van der Waals surface area contributed by atoms with Crippen molar-refractivity contribution in [2.75, 3.05) is 29.6 Å². The molecule has 0 aliphatic carbocycles. The average Bonchev–Trinajstić information content (AvgIpc) is 3.94. The molecule has 5 N–H and O–H groups in total. The number of hydrogen-bond acceptors (Lipinski definition) is 9. The average molecular weight is 943 g/mol. The molecule has 1 spiro atoms. The van der Waals surface area contributed by atoms with Crippen molar-refractivity contribution in [1.29, 1.82) is 0 Å². The first-order valence-corrected chi connectivity index (χ1v) is 22.6. The lowest BCUT2D eigenvalue weighted by molar-refractivity contribution is -0.137. The number of anilines is 3. The number of piperidine rings is 1. The molecule has 9 rings (SSSR count). The van der Waals surface area contributed by atoms with Crippen molar-refractivity contribution in [3.8, 4) is 17.6 Å². The summed E-state index contributed by atoms with van der Waals surface area (Å²) in [5.74, 6) is 3.04. The van der Waals surface area contributed by atoms with E-state index in [9.17, 15) is 24.0 Å². The Morgan fingerprint density at radius 3 is 2.57 bits per heavy atom. The van der Waals surface area contributed by atoms with Crippen molar-refractivity contribution in [2.24, 2.45) is 5.41 Å². The number of imide groups is 1. The Morgan fingerprint density at radius 1 is 0.985 bits per heavy atom. The fourth-order valence-electron chi connectivity index (χ4n) is 10.0. The van der Waals surface area contributed by atoms with Crippen LogP contribution in [-0.2, 0) is 26.3 Å². The van der Waals surface area contributed by atoms with Crippen LogP contribution in [0, 0.1) is 23.1 Å². The van der Waals surface area contributed by atoms with Gasteiger partial charge in [0.1, 0.15) is 17.6 Å². The number of hydrogen-bond donors (Lipinski definition) is 5. The van der Waals surface area contributed by atoms with E-state index in [1.54, 1.807) is 54.7 Å². The lowest BCUT2D eigenvalue weighted by atomic mass is 9.63. The van der Waals surface area contributed by atoms with Crippen LogP contribution in [0.5, 0.6) is 5.75 Å². The van der Waals surface area contributed by atoms with Crippen molar-refractivity contribution in [3.63, 3.8) is 0 Å². The summed E-state index contributed by atoms with van der Waals surface area (Å²) in [6, 6.07) is 20.0. The number of benzene rings is 4. The minimum Gasteiger partial charge on any atom is -0.495 e. The lowest BCUT2D eigenvalue weighted by Gasteiger charge is -2.39. The molecule has 2 fully saturated rings. The number of pyridine rings is 1. The van der Waals surface area contributed by atoms with E-state index < -0.39 is 47.0 Å². The first-order valence-electron chi connectivity index (χ1n) is 21.8. The van der Waals surface area contributed by atoms with E-state index in [0.717, 1.165) is 11.3 Å². The van der Waals surface area contributed by atoms with Gasteiger partial charge in [-0.2, -0.15) is 0 Å². The van der Waals surface area contributed by atoms with E-state index in [1.807, 2.05) is 18.2 Å². The second kappa shape index (κ2) is 17.8. The molecule has 5 atom stereocenters. The smallest absolute Gasteiger partial charge is 0.255 e. The van der Waals surface area contributed by atoms with E-state index in [1.165, 1.54) is 30.3 Å². The summed E-state index contributed by atoms with van der Waals surface area (Å²) < 4.78 is 22.0. The molecule has 5 amide bonds. The highest BCUT2D eigenvalue weighted by atomic mass is 35.5. The number of carbonyl (C=O) groups is 5. The Labute approximate surface area is 396 Å². The molecular weight excluding hydrogens is 897 g/mol. The third-order valence-corrected chi connectivity index (χ3v) is 13.5. The van der Waals surface area contributed by atoms with Crippen LogP contribution in [0.1, 0.15) is 94.5 Å². The molecule has 2 saturated heterocycles. The van der Waals surface area contributed by atoms with Crippen LogP contribution in [0.2, 0.25) is 10.0 Å². The minimum atomic E-state index is -0.933. The summed E-state index contributed by atoms with van der Waals surface area (Å²) in [7, 11) is 1.43. The SMILES string of the molecule is COc1cc(C(=O)Nc2cncc(C#Cc3cccc4c3CN(C3CCC(=O)NC3=O)C4=O)c2)ccc1NC(=O)[C@@H]1N[C@@H](CC(C)(C)C)[C@@]2(CNc3cc(Cl)ccc32)[C@H]1c1cccc(Cl)c1F. The molecular formula is C51H46Cl2FN7O6. The number of fused-ring (bicyclic) bond motifs is 3. The van der Waals surface area contributed by atoms with Gasteiger partial charge in [0.05, 0.1) is 35.7 Å². The van der Waals surface area contributed by atoms with Crippen LogP contribution in [0.4, 0.5) is 21.5 Å². The van der Waals surface area contributed by atoms with E-state index >= 15 is 4.39 Å². The fraction of sp³-hybridized carbons (Fsp3) is 0.294. The monoisotopic (exact) mass is 941 g/mol. The topological polar surface area (TPSA) is 171 Å². The standard InChI is InChI=1S/C51H46Cl2FN7O6/c1-50(2,3)22-41-51(26-56-38-21-30(52)14-15-35(38)51)43(33-9-6-10-36(53)44(33)54)45(59-41)48(65)58-37-16-13-29(20-40(37)67-4)46(63)57-31-19-27(23-55-24-31)11-12-28-7-5-8-32-34(28)25-61(49(32)66)39-17-18-42(62)60-47(39)64/h5-10,13-16,19-21,23-24,39,41,43,45,56,59H,17-18,22,25-26H2,1-4H3,(H,57,63)(H,58,65)(H,60,62,64)/t39?,41-,43-,45+,51-/m0/s1. The second-order valence-corrected chi connectivity index (χ2v) is 19.3. The number of aromatic nitrogens is 1. The summed E-state index contributed by atoms with van der Waals surface area (Å²) in [5, 5.41) is 15.9. The van der Waals surface area contributed by atoms with Gasteiger partial charge in [-0.25, -0.2) is 4.39 Å². The third kappa shape index (κ3) is 8.59. The number of rotatable bonds is 8. The van der Waals surface area contributed by atoms with Gasteiger partial charge in [0, 0.05) is 76.0 Å². The van der Waals surface area contributed by atoms with Crippen molar-refractivity contribution in [1.82, 2.24) is 20.5 Å². The molecule has 16 heteroatoms. The molecule has 67 heavy (non-hydrogen) atoms. The molecule has 0 radical (unpaired) electrons. The first-order chi connectivity index (χ1) is 32.0. The molecule has 0 bridgehead atoms. The normalized spacial score (nSPS) is 21.8. The predicted molar refractivity (Wildman–Crippen MR) is 253 cm³/mol. The van der Waals surface area contributed by atoms with Gasteiger partial charge in [-0.1, -0.05) is 80.1 Å². The maximum Gasteiger partial charge on any atom is 0.255 e. The molecule has 0 saturated carbocycles. The lowest BCUT2D eigenvalue weighted by Crippen LogP contribution is -2.52. The Bertz CT molecular complexity index is 2970. The van der Waals surface area contributed by atoms with Crippen molar-refractivity contribution < 1.29 is 33.1 Å². The summed E-state index contributed by atoms with van der Waals surface area (Å²) in [6.07, 6.45) is 4.08. The van der Waals surface area contributed by atoms with Gasteiger partial charge in [-0.15, -0.1) is 0 Å². The molecule has 1 unspecified atom stereocenters. The van der Waals surface area contributed by atoms with Gasteiger partial charge in [-0.3, -0.25) is 34.3 Å². The van der Waals surface area contributed by atoms with Gasteiger partial charge in [-0.05, 0) is 89.5 Å². The molecule has 5 heterocycles. The molecule has 4 aliphatic rings. The number of nitrogens with one attached hydrogen (secondary N) is 5. The largest absolute Gasteiger partial charge is 0.495 e. The predicted octanol–water partition coefficient (Wildman–Crippen LogP) is 7.81. The number of carbonyl (C=O) groups excluding carboxylic acids is 5. The van der Waals surface area contributed by atoms with Crippen molar-refractivity contribution in [3.05, 3.63) is 146 Å². The van der Waals surface area contributed by atoms with Crippen LogP contribution in [-0.4, -0.2) is 71.2 Å². The quantitative estimate of drug-likeness (QED) is 0.0769. The Morgan fingerprint density at radius 2 is 1.79 bits per heavy atom. The van der Waals surface area contributed by atoms with E-state index in [4.69, 9.17) is 27.9 Å². The molecule has 13 nitrogen and oxygen atoms in total. The molecule has 4 aromatic carbocycles. The second-order valence-electron chi connectivity index (χ2n) is 18.5. The summed E-state index contributed by atoms with van der Waals surface area (Å²) in [6.45, 7) is 6.98. The third-order valence-electron chi connectivity index (χ3n) is 13.0. The highest BCUT2D eigenvalue weighted by Gasteiger charge is 2.61. The number of methoxy groups -OCH3 is 1. The Balaban J connectivity index is 0.940. The van der Waals surface area contributed by atoms with Gasteiger partial charge in [0.15, 0.2) is 0 Å². The first kappa shape index (κ1) is 45.4. The zero-order chi connectivity index (χ0) is 47.4. The molecule has 1 aromatic heterocycles. The highest BCUT2D eigenvalue weighted by molar-refractivity contribution is 6.31. The maximum atomic E-state index is 16.3. The van der Waals surface area contributed by atoms with E-state index in [0.29, 0.717) is 57.2 Å². The van der Waals surface area contributed by atoms with Crippen LogP contribution < -0.4 is 31.3 Å². The summed E-state index contributed by atoms with van der Waals surface area (Å²) >= 11 is 12.9. The zero-order valence-corrected chi connectivity index (χ0v) is 38.5. The molecule has 342 valence electrons. The van der Waals surface area contributed by atoms with Crippen molar-refractivity contribution >= 4 is 69.8 Å². The number of nitrogens with zero attached hydrogens (tertiary/aromatic N) is 2. The van der Waals surface area contributed by atoms with Gasteiger partial charge < -0.3 is 30.9 Å². The van der Waals surface area contributed by atoms with Crippen LogP contribution >= 0.6 is 23.2 Å². The van der Waals surface area contributed by atoms with Crippen LogP contribution in [0.3, 0.4) is 0 Å². The maximum absolute atomic E-state index is 16.3.